The predicted octanol–water partition coefficient (Wildman–Crippen LogP) is 5.21. The molecule has 4 aromatic rings. The minimum atomic E-state index is -0.610. The molecule has 1 aliphatic heterocycles. The number of anilines is 1. The first-order chi connectivity index (χ1) is 15.3. The van der Waals surface area contributed by atoms with Gasteiger partial charge < -0.3 is 4.42 Å². The molecule has 0 N–H and O–H groups in total. The molecular weight excluding hydrogens is 422 g/mol. The summed E-state index contributed by atoms with van der Waals surface area (Å²) in [6.45, 7) is 8.15. The van der Waals surface area contributed by atoms with Crippen molar-refractivity contribution in [3.05, 3.63) is 85.7 Å². The third-order valence-corrected chi connectivity index (χ3v) is 6.79. The van der Waals surface area contributed by atoms with Gasteiger partial charge in [0.05, 0.1) is 17.0 Å². The highest BCUT2D eigenvalue weighted by molar-refractivity contribution is 7.15. The van der Waals surface area contributed by atoms with Crippen molar-refractivity contribution >= 4 is 33.3 Å². The minimum Gasteiger partial charge on any atom is -0.450 e. The van der Waals surface area contributed by atoms with Crippen LogP contribution < -0.4 is 10.3 Å². The number of amides is 1. The van der Waals surface area contributed by atoms with Crippen molar-refractivity contribution in [3.63, 3.8) is 0 Å². The highest BCUT2D eigenvalue weighted by Gasteiger charge is 2.45. The SMILES string of the molecule is Cc1cc2oc3c(c(=O)c2cc1C)[C@@H](c1ccccc1)N(c1nnc(CC(C)C)s1)C3=O. The minimum absolute atomic E-state index is 0.0835. The zero-order chi connectivity index (χ0) is 22.6. The molecular formula is C25H23N3O3S. The molecule has 0 bridgehead atoms. The average Bonchev–Trinajstić information content (AvgIpc) is 3.32. The summed E-state index contributed by atoms with van der Waals surface area (Å²) >= 11 is 1.39. The lowest BCUT2D eigenvalue weighted by Crippen LogP contribution is -2.29. The van der Waals surface area contributed by atoms with Gasteiger partial charge in [-0.3, -0.25) is 14.5 Å². The second-order valence-corrected chi connectivity index (χ2v) is 9.71. The summed E-state index contributed by atoms with van der Waals surface area (Å²) in [6.07, 6.45) is 0.780. The smallest absolute Gasteiger partial charge is 0.297 e. The molecule has 0 spiro atoms. The van der Waals surface area contributed by atoms with Gasteiger partial charge in [0.25, 0.3) is 5.91 Å². The molecule has 162 valence electrons. The molecule has 0 fully saturated rings. The van der Waals surface area contributed by atoms with Crippen molar-refractivity contribution in [2.24, 2.45) is 5.92 Å². The first-order valence-corrected chi connectivity index (χ1v) is 11.5. The second kappa shape index (κ2) is 7.67. The molecule has 1 atom stereocenters. The van der Waals surface area contributed by atoms with Crippen LogP contribution in [0.5, 0.6) is 0 Å². The number of benzene rings is 2. The molecule has 3 heterocycles. The van der Waals surface area contributed by atoms with Gasteiger partial charge in [-0.05, 0) is 48.6 Å². The van der Waals surface area contributed by atoms with Crippen LogP contribution >= 0.6 is 11.3 Å². The quantitative estimate of drug-likeness (QED) is 0.431. The molecule has 0 aliphatic carbocycles. The van der Waals surface area contributed by atoms with E-state index in [1.54, 1.807) is 4.90 Å². The Hall–Kier alpha value is -3.32. The first kappa shape index (κ1) is 20.6. The lowest BCUT2D eigenvalue weighted by atomic mass is 9.98. The lowest BCUT2D eigenvalue weighted by Gasteiger charge is -2.22. The van der Waals surface area contributed by atoms with Gasteiger partial charge in [-0.15, -0.1) is 10.2 Å². The van der Waals surface area contributed by atoms with Gasteiger partial charge >= 0.3 is 0 Å². The summed E-state index contributed by atoms with van der Waals surface area (Å²) in [5.74, 6) is 0.144. The fourth-order valence-corrected chi connectivity index (χ4v) is 5.23. The Labute approximate surface area is 189 Å². The van der Waals surface area contributed by atoms with Crippen molar-refractivity contribution in [1.82, 2.24) is 10.2 Å². The molecule has 0 radical (unpaired) electrons. The largest absolute Gasteiger partial charge is 0.450 e. The molecule has 6 nitrogen and oxygen atoms in total. The number of rotatable bonds is 4. The van der Waals surface area contributed by atoms with E-state index in [9.17, 15) is 9.59 Å². The lowest BCUT2D eigenvalue weighted by molar-refractivity contribution is 0.0970. The molecule has 0 saturated heterocycles. The van der Waals surface area contributed by atoms with Crippen LogP contribution in [-0.2, 0) is 6.42 Å². The van der Waals surface area contributed by atoms with Crippen molar-refractivity contribution in [2.75, 3.05) is 4.90 Å². The van der Waals surface area contributed by atoms with E-state index < -0.39 is 6.04 Å². The second-order valence-electron chi connectivity index (χ2n) is 8.67. The summed E-state index contributed by atoms with van der Waals surface area (Å²) < 4.78 is 6.07. The number of carbonyl (C=O) groups is 1. The van der Waals surface area contributed by atoms with Gasteiger partial charge in [0.15, 0.2) is 5.43 Å². The molecule has 1 aliphatic rings. The van der Waals surface area contributed by atoms with Crippen LogP contribution in [0, 0.1) is 19.8 Å². The number of fused-ring (bicyclic) bond motifs is 2. The van der Waals surface area contributed by atoms with Crippen LogP contribution in [0.3, 0.4) is 0 Å². The van der Waals surface area contributed by atoms with Crippen LogP contribution in [0.1, 0.15) is 57.7 Å². The Morgan fingerprint density at radius 2 is 1.78 bits per heavy atom. The van der Waals surface area contributed by atoms with E-state index in [1.165, 1.54) is 11.3 Å². The Balaban J connectivity index is 1.75. The number of nitrogens with zero attached hydrogens (tertiary/aromatic N) is 3. The van der Waals surface area contributed by atoms with E-state index in [-0.39, 0.29) is 17.1 Å². The van der Waals surface area contributed by atoms with E-state index in [0.29, 0.717) is 27.6 Å². The number of carbonyl (C=O) groups excluding carboxylic acids is 1. The number of hydrogen-bond acceptors (Lipinski definition) is 6. The van der Waals surface area contributed by atoms with Crippen molar-refractivity contribution in [2.45, 2.75) is 40.2 Å². The molecule has 2 aromatic carbocycles. The topological polar surface area (TPSA) is 76.3 Å². The van der Waals surface area contributed by atoms with Crippen LogP contribution in [0.2, 0.25) is 0 Å². The van der Waals surface area contributed by atoms with Gasteiger partial charge in [-0.2, -0.15) is 0 Å². The van der Waals surface area contributed by atoms with Crippen LogP contribution in [0.4, 0.5) is 5.13 Å². The number of aryl methyl sites for hydroxylation is 2. The zero-order valence-electron chi connectivity index (χ0n) is 18.4. The molecule has 32 heavy (non-hydrogen) atoms. The van der Waals surface area contributed by atoms with E-state index in [2.05, 4.69) is 24.0 Å². The normalized spacial score (nSPS) is 15.7. The van der Waals surface area contributed by atoms with Crippen molar-refractivity contribution < 1.29 is 9.21 Å². The number of hydrogen-bond donors (Lipinski definition) is 0. The van der Waals surface area contributed by atoms with E-state index in [0.717, 1.165) is 28.1 Å². The van der Waals surface area contributed by atoms with Gasteiger partial charge in [-0.1, -0.05) is 55.5 Å². The third kappa shape index (κ3) is 3.24. The fraction of sp³-hybridized carbons (Fsp3) is 0.280. The maximum absolute atomic E-state index is 13.7. The fourth-order valence-electron chi connectivity index (χ4n) is 4.15. The number of aromatic nitrogens is 2. The Kier molecular flexibility index (Phi) is 4.93. The summed E-state index contributed by atoms with van der Waals surface area (Å²) in [6, 6.07) is 12.6. The molecule has 1 amide bonds. The van der Waals surface area contributed by atoms with Crippen molar-refractivity contribution in [1.29, 1.82) is 0 Å². The molecule has 5 rings (SSSR count). The van der Waals surface area contributed by atoms with Crippen LogP contribution in [0.25, 0.3) is 11.0 Å². The maximum atomic E-state index is 13.7. The van der Waals surface area contributed by atoms with Gasteiger partial charge in [-0.25, -0.2) is 0 Å². The Morgan fingerprint density at radius 1 is 1.06 bits per heavy atom. The Bertz CT molecular complexity index is 1410. The molecule has 7 heteroatoms. The van der Waals surface area contributed by atoms with Gasteiger partial charge in [0, 0.05) is 6.42 Å². The molecule has 2 aromatic heterocycles. The maximum Gasteiger partial charge on any atom is 0.297 e. The molecule has 0 saturated carbocycles. The predicted molar refractivity (Wildman–Crippen MR) is 126 cm³/mol. The van der Waals surface area contributed by atoms with Gasteiger partial charge in [0.1, 0.15) is 10.6 Å². The van der Waals surface area contributed by atoms with E-state index in [1.807, 2.05) is 56.3 Å². The monoisotopic (exact) mass is 445 g/mol. The summed E-state index contributed by atoms with van der Waals surface area (Å²) in [4.78, 5) is 28.8. The van der Waals surface area contributed by atoms with Crippen LogP contribution in [-0.4, -0.2) is 16.1 Å². The standard InChI is InChI=1S/C25H23N3O3S/c1-13(2)10-19-26-27-25(32-19)28-21(16-8-6-5-7-9-16)20-22(29)17-11-14(3)15(4)12-18(17)31-23(20)24(28)30/h5-9,11-13,21H,10H2,1-4H3/t21-/m1/s1. The van der Waals surface area contributed by atoms with Crippen LogP contribution in [0.15, 0.2) is 51.7 Å². The molecule has 0 unspecified atom stereocenters. The summed E-state index contributed by atoms with van der Waals surface area (Å²) in [5.41, 5.74) is 3.44. The Morgan fingerprint density at radius 3 is 2.50 bits per heavy atom. The highest BCUT2D eigenvalue weighted by atomic mass is 32.1. The van der Waals surface area contributed by atoms with Gasteiger partial charge in [0.2, 0.25) is 10.9 Å². The summed E-state index contributed by atoms with van der Waals surface area (Å²) in [5, 5.41) is 10.4. The van der Waals surface area contributed by atoms with Crippen molar-refractivity contribution in [3.8, 4) is 0 Å². The average molecular weight is 446 g/mol. The van der Waals surface area contributed by atoms with E-state index >= 15 is 0 Å². The van der Waals surface area contributed by atoms with E-state index in [4.69, 9.17) is 4.42 Å². The highest BCUT2D eigenvalue weighted by Crippen LogP contribution is 2.42. The third-order valence-electron chi connectivity index (χ3n) is 5.85. The first-order valence-electron chi connectivity index (χ1n) is 10.6. The summed E-state index contributed by atoms with van der Waals surface area (Å²) in [7, 11) is 0. The zero-order valence-corrected chi connectivity index (χ0v) is 19.2.